The quantitative estimate of drug-likeness (QED) is 0.673. The molecule has 0 saturated heterocycles. The fraction of sp³-hybridized carbons (Fsp3) is 0.167. The van der Waals surface area contributed by atoms with Gasteiger partial charge in [0.15, 0.2) is 0 Å². The predicted octanol–water partition coefficient (Wildman–Crippen LogP) is 4.61. The highest BCUT2D eigenvalue weighted by molar-refractivity contribution is 9.10. The van der Waals surface area contributed by atoms with Crippen LogP contribution in [0.3, 0.4) is 0 Å². The SMILES string of the molecule is Cc1ccc(Nc2cc(C)nc(NCc3ccccn3)n2)c(Br)c1. The van der Waals surface area contributed by atoms with Gasteiger partial charge in [-0.1, -0.05) is 12.1 Å². The molecule has 1 aromatic carbocycles. The van der Waals surface area contributed by atoms with Crippen molar-refractivity contribution >= 4 is 33.4 Å². The number of hydrogen-bond donors (Lipinski definition) is 2. The topological polar surface area (TPSA) is 62.7 Å². The van der Waals surface area contributed by atoms with E-state index < -0.39 is 0 Å². The van der Waals surface area contributed by atoms with E-state index in [0.717, 1.165) is 27.4 Å². The van der Waals surface area contributed by atoms with E-state index in [-0.39, 0.29) is 0 Å². The molecule has 3 rings (SSSR count). The van der Waals surface area contributed by atoms with Gasteiger partial charge in [0.2, 0.25) is 5.95 Å². The molecule has 0 atom stereocenters. The summed E-state index contributed by atoms with van der Waals surface area (Å²) >= 11 is 3.57. The third kappa shape index (κ3) is 4.29. The molecule has 0 spiro atoms. The van der Waals surface area contributed by atoms with Crippen LogP contribution in [0.4, 0.5) is 17.5 Å². The summed E-state index contributed by atoms with van der Waals surface area (Å²) in [5, 5.41) is 6.54. The van der Waals surface area contributed by atoms with Crippen LogP contribution in [-0.2, 0) is 6.54 Å². The van der Waals surface area contributed by atoms with Crippen molar-refractivity contribution < 1.29 is 0 Å². The van der Waals surface area contributed by atoms with Gasteiger partial charge in [-0.25, -0.2) is 4.98 Å². The third-order valence-electron chi connectivity index (χ3n) is 3.40. The van der Waals surface area contributed by atoms with Gasteiger partial charge in [0, 0.05) is 22.4 Å². The highest BCUT2D eigenvalue weighted by Crippen LogP contribution is 2.26. The average Bonchev–Trinajstić information content (AvgIpc) is 2.56. The van der Waals surface area contributed by atoms with Crippen molar-refractivity contribution in [3.63, 3.8) is 0 Å². The summed E-state index contributed by atoms with van der Waals surface area (Å²) in [6, 6.07) is 13.9. The van der Waals surface area contributed by atoms with E-state index in [9.17, 15) is 0 Å². The van der Waals surface area contributed by atoms with Crippen molar-refractivity contribution in [2.45, 2.75) is 20.4 Å². The Kier molecular flexibility index (Phi) is 5.05. The molecule has 0 aliphatic rings. The van der Waals surface area contributed by atoms with Crippen molar-refractivity contribution in [1.82, 2.24) is 15.0 Å². The number of aryl methyl sites for hydroxylation is 2. The Morgan fingerprint density at radius 2 is 1.92 bits per heavy atom. The van der Waals surface area contributed by atoms with Crippen LogP contribution in [0.2, 0.25) is 0 Å². The molecule has 6 heteroatoms. The van der Waals surface area contributed by atoms with Crippen LogP contribution >= 0.6 is 15.9 Å². The summed E-state index contributed by atoms with van der Waals surface area (Å²) < 4.78 is 1.00. The number of pyridine rings is 1. The molecule has 0 unspecified atom stereocenters. The Balaban J connectivity index is 1.76. The van der Waals surface area contributed by atoms with E-state index >= 15 is 0 Å². The molecule has 122 valence electrons. The van der Waals surface area contributed by atoms with Gasteiger partial charge in [-0.3, -0.25) is 4.98 Å². The van der Waals surface area contributed by atoms with Crippen molar-refractivity contribution in [2.24, 2.45) is 0 Å². The van der Waals surface area contributed by atoms with Crippen LogP contribution in [-0.4, -0.2) is 15.0 Å². The molecule has 3 aromatic rings. The standard InChI is InChI=1S/C18H18BrN5/c1-12-6-7-16(15(19)9-12)23-17-10-13(2)22-18(24-17)21-11-14-5-3-4-8-20-14/h3-10H,11H2,1-2H3,(H2,21,22,23,24). The Morgan fingerprint density at radius 3 is 2.67 bits per heavy atom. The molecule has 0 saturated carbocycles. The summed E-state index contributed by atoms with van der Waals surface area (Å²) in [5.74, 6) is 1.32. The van der Waals surface area contributed by atoms with Gasteiger partial charge in [-0.2, -0.15) is 4.98 Å². The lowest BCUT2D eigenvalue weighted by Gasteiger charge is -2.11. The Labute approximate surface area is 149 Å². The molecule has 0 aliphatic carbocycles. The summed E-state index contributed by atoms with van der Waals surface area (Å²) in [4.78, 5) is 13.2. The zero-order chi connectivity index (χ0) is 16.9. The molecule has 0 aliphatic heterocycles. The van der Waals surface area contributed by atoms with E-state index in [2.05, 4.69) is 60.6 Å². The van der Waals surface area contributed by atoms with Gasteiger partial charge in [-0.15, -0.1) is 0 Å². The largest absolute Gasteiger partial charge is 0.349 e. The number of anilines is 3. The van der Waals surface area contributed by atoms with Gasteiger partial charge in [-0.05, 0) is 59.6 Å². The smallest absolute Gasteiger partial charge is 0.225 e. The number of nitrogens with zero attached hydrogens (tertiary/aromatic N) is 3. The first-order valence-electron chi connectivity index (χ1n) is 7.63. The van der Waals surface area contributed by atoms with Gasteiger partial charge < -0.3 is 10.6 Å². The minimum absolute atomic E-state index is 0.575. The molecular formula is C18H18BrN5. The molecule has 0 radical (unpaired) electrons. The molecule has 0 amide bonds. The minimum Gasteiger partial charge on any atom is -0.349 e. The third-order valence-corrected chi connectivity index (χ3v) is 4.05. The van der Waals surface area contributed by atoms with Crippen molar-refractivity contribution in [3.8, 4) is 0 Å². The molecule has 0 fully saturated rings. The molecule has 2 aromatic heterocycles. The van der Waals surface area contributed by atoms with E-state index in [1.807, 2.05) is 37.3 Å². The Morgan fingerprint density at radius 1 is 1.04 bits per heavy atom. The summed E-state index contributed by atoms with van der Waals surface area (Å²) in [6.07, 6.45) is 1.77. The van der Waals surface area contributed by atoms with Crippen LogP contribution in [0.25, 0.3) is 0 Å². The maximum Gasteiger partial charge on any atom is 0.225 e. The van der Waals surface area contributed by atoms with Gasteiger partial charge >= 0.3 is 0 Å². The Bertz CT molecular complexity index is 836. The zero-order valence-electron chi connectivity index (χ0n) is 13.5. The second kappa shape index (κ2) is 7.40. The van der Waals surface area contributed by atoms with Crippen molar-refractivity contribution in [2.75, 3.05) is 10.6 Å². The van der Waals surface area contributed by atoms with Crippen LogP contribution in [0.1, 0.15) is 17.0 Å². The maximum absolute atomic E-state index is 4.53. The maximum atomic E-state index is 4.53. The molecule has 2 N–H and O–H groups in total. The fourth-order valence-electron chi connectivity index (χ4n) is 2.24. The second-order valence-corrected chi connectivity index (χ2v) is 6.36. The lowest BCUT2D eigenvalue weighted by Crippen LogP contribution is -2.07. The highest BCUT2D eigenvalue weighted by atomic mass is 79.9. The number of aromatic nitrogens is 3. The predicted molar refractivity (Wildman–Crippen MR) is 100 cm³/mol. The van der Waals surface area contributed by atoms with Crippen molar-refractivity contribution in [3.05, 3.63) is 70.1 Å². The van der Waals surface area contributed by atoms with Crippen molar-refractivity contribution in [1.29, 1.82) is 0 Å². The lowest BCUT2D eigenvalue weighted by atomic mass is 10.2. The summed E-state index contributed by atoms with van der Waals surface area (Å²) in [5.41, 5.74) is 4.00. The molecule has 5 nitrogen and oxygen atoms in total. The van der Waals surface area contributed by atoms with E-state index in [1.54, 1.807) is 6.20 Å². The van der Waals surface area contributed by atoms with Crippen LogP contribution in [0.5, 0.6) is 0 Å². The second-order valence-electron chi connectivity index (χ2n) is 5.50. The summed E-state index contributed by atoms with van der Waals surface area (Å²) in [7, 11) is 0. The average molecular weight is 384 g/mol. The van der Waals surface area contributed by atoms with Crippen LogP contribution in [0, 0.1) is 13.8 Å². The number of benzene rings is 1. The normalized spacial score (nSPS) is 10.5. The number of rotatable bonds is 5. The first-order chi connectivity index (χ1) is 11.6. The highest BCUT2D eigenvalue weighted by Gasteiger charge is 2.05. The first kappa shape index (κ1) is 16.4. The van der Waals surface area contributed by atoms with Gasteiger partial charge in [0.25, 0.3) is 0 Å². The number of halogens is 1. The fourth-order valence-corrected chi connectivity index (χ4v) is 2.84. The van der Waals surface area contributed by atoms with Crippen LogP contribution < -0.4 is 10.6 Å². The Hall–Kier alpha value is -2.47. The van der Waals surface area contributed by atoms with E-state index in [0.29, 0.717) is 12.5 Å². The monoisotopic (exact) mass is 383 g/mol. The summed E-state index contributed by atoms with van der Waals surface area (Å²) in [6.45, 7) is 4.59. The molecule has 0 bridgehead atoms. The minimum atomic E-state index is 0.575. The molecular weight excluding hydrogens is 366 g/mol. The lowest BCUT2D eigenvalue weighted by molar-refractivity contribution is 0.991. The van der Waals surface area contributed by atoms with Gasteiger partial charge in [0.05, 0.1) is 17.9 Å². The van der Waals surface area contributed by atoms with Gasteiger partial charge in [0.1, 0.15) is 5.82 Å². The van der Waals surface area contributed by atoms with E-state index in [4.69, 9.17) is 0 Å². The zero-order valence-corrected chi connectivity index (χ0v) is 15.1. The molecule has 2 heterocycles. The number of nitrogens with one attached hydrogen (secondary N) is 2. The molecule has 24 heavy (non-hydrogen) atoms. The van der Waals surface area contributed by atoms with E-state index in [1.165, 1.54) is 5.56 Å². The number of hydrogen-bond acceptors (Lipinski definition) is 5. The van der Waals surface area contributed by atoms with Crippen LogP contribution in [0.15, 0.2) is 53.1 Å². The first-order valence-corrected chi connectivity index (χ1v) is 8.42.